The minimum absolute atomic E-state index is 0. The van der Waals surface area contributed by atoms with Gasteiger partial charge in [0.25, 0.3) is 0 Å². The summed E-state index contributed by atoms with van der Waals surface area (Å²) in [5.41, 5.74) is 2.63. The molecule has 1 saturated heterocycles. The molecule has 1 atom stereocenters. The zero-order chi connectivity index (χ0) is 15.8. The molecular formula is C18H31IN4. The van der Waals surface area contributed by atoms with E-state index < -0.39 is 0 Å². The smallest absolute Gasteiger partial charge is 0.191 e. The normalized spacial score (nSPS) is 19.1. The van der Waals surface area contributed by atoms with Crippen molar-refractivity contribution in [1.82, 2.24) is 15.5 Å². The molecule has 0 amide bonds. The molecule has 0 spiro atoms. The molecule has 130 valence electrons. The van der Waals surface area contributed by atoms with Crippen LogP contribution in [0.15, 0.2) is 29.3 Å². The lowest BCUT2D eigenvalue weighted by atomic mass is 10.0. The molecule has 4 nitrogen and oxygen atoms in total. The maximum absolute atomic E-state index is 4.34. The van der Waals surface area contributed by atoms with Crippen molar-refractivity contribution in [3.63, 3.8) is 0 Å². The largest absolute Gasteiger partial charge is 0.355 e. The van der Waals surface area contributed by atoms with Crippen LogP contribution in [0.3, 0.4) is 0 Å². The second kappa shape index (κ2) is 10.9. The van der Waals surface area contributed by atoms with Crippen molar-refractivity contribution in [3.05, 3.63) is 35.4 Å². The Hall–Kier alpha value is -0.820. The number of halogens is 1. The van der Waals surface area contributed by atoms with Gasteiger partial charge >= 0.3 is 0 Å². The molecule has 5 heteroatoms. The van der Waals surface area contributed by atoms with E-state index in [9.17, 15) is 0 Å². The molecule has 2 N–H and O–H groups in total. The van der Waals surface area contributed by atoms with Gasteiger partial charge < -0.3 is 10.6 Å². The number of likely N-dealkylation sites (tertiary alicyclic amines) is 1. The first-order chi connectivity index (χ1) is 10.7. The van der Waals surface area contributed by atoms with E-state index in [0.29, 0.717) is 6.04 Å². The molecule has 1 aromatic carbocycles. The Morgan fingerprint density at radius 2 is 2.04 bits per heavy atom. The van der Waals surface area contributed by atoms with E-state index in [1.54, 1.807) is 0 Å². The van der Waals surface area contributed by atoms with E-state index in [0.717, 1.165) is 25.6 Å². The standard InChI is InChI=1S/C18H30N4.HI/c1-4-22-12-8-7-11-17(22)14-21-18(19-3)20-13-16-10-6-5-9-15(16)2;/h5-6,9-10,17H,4,7-8,11-14H2,1-3H3,(H2,19,20,21);1H. The maximum atomic E-state index is 4.34. The average Bonchev–Trinajstić information content (AvgIpc) is 2.56. The van der Waals surface area contributed by atoms with Gasteiger partial charge in [-0.3, -0.25) is 9.89 Å². The maximum Gasteiger partial charge on any atom is 0.191 e. The first-order valence-electron chi connectivity index (χ1n) is 8.47. The van der Waals surface area contributed by atoms with Crippen molar-refractivity contribution in [2.45, 2.75) is 45.7 Å². The summed E-state index contributed by atoms with van der Waals surface area (Å²) in [6.45, 7) is 8.56. The Kier molecular flexibility index (Phi) is 9.55. The second-order valence-corrected chi connectivity index (χ2v) is 6.01. The van der Waals surface area contributed by atoms with E-state index in [-0.39, 0.29) is 24.0 Å². The van der Waals surface area contributed by atoms with Crippen LogP contribution in [0.5, 0.6) is 0 Å². The summed E-state index contributed by atoms with van der Waals surface area (Å²) in [5, 5.41) is 6.91. The van der Waals surface area contributed by atoms with Gasteiger partial charge in [-0.1, -0.05) is 37.6 Å². The number of piperidine rings is 1. The van der Waals surface area contributed by atoms with Crippen LogP contribution in [0, 0.1) is 6.92 Å². The van der Waals surface area contributed by atoms with E-state index >= 15 is 0 Å². The lowest BCUT2D eigenvalue weighted by Gasteiger charge is -2.35. The van der Waals surface area contributed by atoms with Crippen LogP contribution in [0.4, 0.5) is 0 Å². The number of hydrogen-bond donors (Lipinski definition) is 2. The van der Waals surface area contributed by atoms with Gasteiger partial charge in [0.05, 0.1) is 0 Å². The van der Waals surface area contributed by atoms with E-state index in [1.807, 2.05) is 7.05 Å². The summed E-state index contributed by atoms with van der Waals surface area (Å²) in [6, 6.07) is 9.11. The molecule has 2 rings (SSSR count). The molecule has 1 aliphatic heterocycles. The summed E-state index contributed by atoms with van der Waals surface area (Å²) in [4.78, 5) is 6.92. The Morgan fingerprint density at radius 3 is 2.74 bits per heavy atom. The highest BCUT2D eigenvalue weighted by Crippen LogP contribution is 2.15. The van der Waals surface area contributed by atoms with Crippen molar-refractivity contribution in [3.8, 4) is 0 Å². The third-order valence-electron chi connectivity index (χ3n) is 4.59. The topological polar surface area (TPSA) is 39.7 Å². The van der Waals surface area contributed by atoms with Crippen molar-refractivity contribution in [1.29, 1.82) is 0 Å². The number of aryl methyl sites for hydroxylation is 1. The van der Waals surface area contributed by atoms with Gasteiger partial charge in [-0.15, -0.1) is 24.0 Å². The van der Waals surface area contributed by atoms with Gasteiger partial charge in [0.1, 0.15) is 0 Å². The van der Waals surface area contributed by atoms with E-state index in [4.69, 9.17) is 0 Å². The summed E-state index contributed by atoms with van der Waals surface area (Å²) in [6.07, 6.45) is 3.97. The van der Waals surface area contributed by atoms with Gasteiger partial charge in [0, 0.05) is 26.2 Å². The molecule has 0 radical (unpaired) electrons. The monoisotopic (exact) mass is 430 g/mol. The van der Waals surface area contributed by atoms with Crippen LogP contribution < -0.4 is 10.6 Å². The second-order valence-electron chi connectivity index (χ2n) is 6.01. The molecule has 1 heterocycles. The van der Waals surface area contributed by atoms with Crippen molar-refractivity contribution in [2.24, 2.45) is 4.99 Å². The zero-order valence-corrected chi connectivity index (χ0v) is 17.0. The fourth-order valence-electron chi connectivity index (χ4n) is 3.13. The quantitative estimate of drug-likeness (QED) is 0.429. The Morgan fingerprint density at radius 1 is 1.26 bits per heavy atom. The Bertz CT molecular complexity index is 490. The number of benzene rings is 1. The number of likely N-dealkylation sites (N-methyl/N-ethyl adjacent to an activating group) is 1. The van der Waals surface area contributed by atoms with Gasteiger partial charge in [-0.25, -0.2) is 0 Å². The highest BCUT2D eigenvalue weighted by Gasteiger charge is 2.20. The van der Waals surface area contributed by atoms with Crippen LogP contribution >= 0.6 is 24.0 Å². The third-order valence-corrected chi connectivity index (χ3v) is 4.59. The van der Waals surface area contributed by atoms with Crippen LogP contribution in [0.1, 0.15) is 37.3 Å². The van der Waals surface area contributed by atoms with Gasteiger partial charge in [0.15, 0.2) is 5.96 Å². The van der Waals surface area contributed by atoms with Gasteiger partial charge in [-0.2, -0.15) is 0 Å². The molecule has 1 fully saturated rings. The van der Waals surface area contributed by atoms with Gasteiger partial charge in [0.2, 0.25) is 0 Å². The number of rotatable bonds is 5. The number of nitrogens with one attached hydrogen (secondary N) is 2. The molecule has 1 aromatic rings. The summed E-state index contributed by atoms with van der Waals surface area (Å²) < 4.78 is 0. The highest BCUT2D eigenvalue weighted by molar-refractivity contribution is 14.0. The zero-order valence-electron chi connectivity index (χ0n) is 14.6. The SMILES string of the molecule is CCN1CCCCC1CNC(=NC)NCc1ccccc1C.I. The summed E-state index contributed by atoms with van der Waals surface area (Å²) >= 11 is 0. The molecule has 1 aliphatic rings. The van der Waals surface area contributed by atoms with Crippen LogP contribution in [0.25, 0.3) is 0 Å². The van der Waals surface area contributed by atoms with Crippen molar-refractivity contribution >= 4 is 29.9 Å². The van der Waals surface area contributed by atoms with Crippen molar-refractivity contribution in [2.75, 3.05) is 26.7 Å². The number of guanidine groups is 1. The molecule has 1 unspecified atom stereocenters. The van der Waals surface area contributed by atoms with Crippen molar-refractivity contribution < 1.29 is 0 Å². The highest BCUT2D eigenvalue weighted by atomic mass is 127. The predicted molar refractivity (Wildman–Crippen MR) is 110 cm³/mol. The average molecular weight is 430 g/mol. The van der Waals surface area contributed by atoms with Crippen LogP contribution in [-0.4, -0.2) is 43.6 Å². The predicted octanol–water partition coefficient (Wildman–Crippen LogP) is 3.15. The van der Waals surface area contributed by atoms with Crippen LogP contribution in [-0.2, 0) is 6.54 Å². The molecule has 0 aliphatic carbocycles. The molecule has 0 bridgehead atoms. The van der Waals surface area contributed by atoms with E-state index in [1.165, 1.54) is 36.9 Å². The minimum atomic E-state index is 0. The summed E-state index contributed by atoms with van der Waals surface area (Å²) in [7, 11) is 1.84. The molecular weight excluding hydrogens is 399 g/mol. The molecule has 23 heavy (non-hydrogen) atoms. The first-order valence-corrected chi connectivity index (χ1v) is 8.47. The Balaban J connectivity index is 0.00000264. The lowest BCUT2D eigenvalue weighted by molar-refractivity contribution is 0.157. The lowest BCUT2D eigenvalue weighted by Crippen LogP contribution is -2.48. The molecule has 0 aromatic heterocycles. The number of nitrogens with zero attached hydrogens (tertiary/aromatic N) is 2. The molecule has 0 saturated carbocycles. The summed E-state index contributed by atoms with van der Waals surface area (Å²) in [5.74, 6) is 0.893. The first kappa shape index (κ1) is 20.2. The number of aliphatic imine (C=N–C) groups is 1. The fourth-order valence-corrected chi connectivity index (χ4v) is 3.13. The Labute approximate surface area is 158 Å². The minimum Gasteiger partial charge on any atom is -0.355 e. The van der Waals surface area contributed by atoms with Crippen LogP contribution in [0.2, 0.25) is 0 Å². The third kappa shape index (κ3) is 6.30. The number of hydrogen-bond acceptors (Lipinski definition) is 2. The fraction of sp³-hybridized carbons (Fsp3) is 0.611. The van der Waals surface area contributed by atoms with E-state index in [2.05, 4.69) is 58.6 Å². The van der Waals surface area contributed by atoms with Gasteiger partial charge in [-0.05, 0) is 44.0 Å².